The first kappa shape index (κ1) is 18.7. The van der Waals surface area contributed by atoms with E-state index in [2.05, 4.69) is 10.6 Å². The first-order chi connectivity index (χ1) is 13.0. The van der Waals surface area contributed by atoms with Crippen LogP contribution in [0.15, 0.2) is 72.8 Å². The van der Waals surface area contributed by atoms with E-state index < -0.39 is 0 Å². The van der Waals surface area contributed by atoms with Crippen molar-refractivity contribution < 1.29 is 9.59 Å². The van der Waals surface area contributed by atoms with Crippen LogP contribution in [0.5, 0.6) is 0 Å². The number of halogens is 1. The van der Waals surface area contributed by atoms with Gasteiger partial charge in [-0.15, -0.1) is 0 Å². The average Bonchev–Trinajstić information content (AvgIpc) is 2.69. The van der Waals surface area contributed by atoms with Crippen molar-refractivity contribution in [2.75, 3.05) is 5.32 Å². The molecule has 0 unspecified atom stereocenters. The molecule has 0 spiro atoms. The Bertz CT molecular complexity index is 968. The third-order valence-electron chi connectivity index (χ3n) is 4.20. The van der Waals surface area contributed by atoms with Gasteiger partial charge in [0.05, 0.1) is 0 Å². The van der Waals surface area contributed by atoms with Crippen LogP contribution >= 0.6 is 11.6 Å². The minimum Gasteiger partial charge on any atom is -0.348 e. The van der Waals surface area contributed by atoms with Gasteiger partial charge in [0.15, 0.2) is 0 Å². The number of carbonyl (C=O) groups excluding carboxylic acids is 2. The third kappa shape index (κ3) is 4.74. The summed E-state index contributed by atoms with van der Waals surface area (Å²) in [5.74, 6) is -0.437. The zero-order valence-corrected chi connectivity index (χ0v) is 15.6. The van der Waals surface area contributed by atoms with Crippen molar-refractivity contribution in [3.05, 3.63) is 100 Å². The van der Waals surface area contributed by atoms with Gasteiger partial charge in [-0.05, 0) is 54.4 Å². The molecule has 3 rings (SSSR count). The molecule has 0 radical (unpaired) electrons. The van der Waals surface area contributed by atoms with Gasteiger partial charge in [-0.1, -0.05) is 48.0 Å². The SMILES string of the molecule is Cc1ccccc1NC(=O)c1ccc(C(=O)NCc2ccccc2Cl)cc1. The summed E-state index contributed by atoms with van der Waals surface area (Å²) in [6, 6.07) is 21.5. The molecule has 5 heteroatoms. The molecule has 0 aliphatic rings. The van der Waals surface area contributed by atoms with Crippen molar-refractivity contribution in [3.8, 4) is 0 Å². The van der Waals surface area contributed by atoms with Crippen molar-refractivity contribution >= 4 is 29.1 Å². The molecule has 2 N–H and O–H groups in total. The van der Waals surface area contributed by atoms with Crippen LogP contribution in [-0.4, -0.2) is 11.8 Å². The lowest BCUT2D eigenvalue weighted by atomic mass is 10.1. The Morgan fingerprint density at radius 1 is 0.815 bits per heavy atom. The Balaban J connectivity index is 1.62. The van der Waals surface area contributed by atoms with Crippen molar-refractivity contribution in [1.29, 1.82) is 0 Å². The minimum absolute atomic E-state index is 0.215. The molecule has 0 saturated carbocycles. The van der Waals surface area contributed by atoms with E-state index in [1.165, 1.54) is 0 Å². The highest BCUT2D eigenvalue weighted by Crippen LogP contribution is 2.16. The molecule has 3 aromatic carbocycles. The molecular formula is C22H19ClN2O2. The smallest absolute Gasteiger partial charge is 0.255 e. The van der Waals surface area contributed by atoms with Crippen LogP contribution in [0.3, 0.4) is 0 Å². The summed E-state index contributed by atoms with van der Waals surface area (Å²) >= 11 is 6.09. The Morgan fingerprint density at radius 3 is 2.07 bits per heavy atom. The van der Waals surface area contributed by atoms with Gasteiger partial charge in [0.1, 0.15) is 0 Å². The highest BCUT2D eigenvalue weighted by atomic mass is 35.5. The Labute approximate surface area is 163 Å². The average molecular weight is 379 g/mol. The van der Waals surface area contributed by atoms with E-state index in [0.29, 0.717) is 22.7 Å². The lowest BCUT2D eigenvalue weighted by Crippen LogP contribution is -2.23. The molecule has 0 aliphatic heterocycles. The number of hydrogen-bond acceptors (Lipinski definition) is 2. The number of nitrogens with one attached hydrogen (secondary N) is 2. The van der Waals surface area contributed by atoms with Crippen LogP contribution in [-0.2, 0) is 6.54 Å². The molecule has 136 valence electrons. The van der Waals surface area contributed by atoms with Crippen LogP contribution in [0.2, 0.25) is 5.02 Å². The van der Waals surface area contributed by atoms with Crippen molar-refractivity contribution in [2.24, 2.45) is 0 Å². The fraction of sp³-hybridized carbons (Fsp3) is 0.0909. The predicted molar refractivity (Wildman–Crippen MR) is 108 cm³/mol. The number of para-hydroxylation sites is 1. The second kappa shape index (κ2) is 8.52. The monoisotopic (exact) mass is 378 g/mol. The van der Waals surface area contributed by atoms with Crippen LogP contribution in [0.25, 0.3) is 0 Å². The van der Waals surface area contributed by atoms with Crippen LogP contribution < -0.4 is 10.6 Å². The molecule has 0 bridgehead atoms. The first-order valence-electron chi connectivity index (χ1n) is 8.53. The van der Waals surface area contributed by atoms with Crippen molar-refractivity contribution in [1.82, 2.24) is 5.32 Å². The summed E-state index contributed by atoms with van der Waals surface area (Å²) < 4.78 is 0. The number of aryl methyl sites for hydroxylation is 1. The van der Waals surface area contributed by atoms with Gasteiger partial charge < -0.3 is 10.6 Å². The van der Waals surface area contributed by atoms with E-state index in [4.69, 9.17) is 11.6 Å². The molecule has 3 aromatic rings. The molecule has 4 nitrogen and oxygen atoms in total. The lowest BCUT2D eigenvalue weighted by molar-refractivity contribution is 0.0949. The van der Waals surface area contributed by atoms with Crippen molar-refractivity contribution in [2.45, 2.75) is 13.5 Å². The zero-order chi connectivity index (χ0) is 19.2. The van der Waals surface area contributed by atoms with E-state index in [0.717, 1.165) is 16.8 Å². The molecule has 0 atom stereocenters. The summed E-state index contributed by atoms with van der Waals surface area (Å²) in [7, 11) is 0. The Hall–Kier alpha value is -3.11. The number of benzene rings is 3. The van der Waals surface area contributed by atoms with Crippen LogP contribution in [0.4, 0.5) is 5.69 Å². The summed E-state index contributed by atoms with van der Waals surface area (Å²) in [5.41, 5.74) is 3.57. The zero-order valence-electron chi connectivity index (χ0n) is 14.8. The number of rotatable bonds is 5. The largest absolute Gasteiger partial charge is 0.348 e. The first-order valence-corrected chi connectivity index (χ1v) is 8.91. The highest BCUT2D eigenvalue weighted by molar-refractivity contribution is 6.31. The maximum atomic E-state index is 12.4. The molecule has 0 aromatic heterocycles. The molecule has 0 fully saturated rings. The van der Waals surface area contributed by atoms with Gasteiger partial charge in [0.2, 0.25) is 0 Å². The standard InChI is InChI=1S/C22H19ClN2O2/c1-15-6-2-5-9-20(15)25-22(27)17-12-10-16(11-13-17)21(26)24-14-18-7-3-4-8-19(18)23/h2-13H,14H2,1H3,(H,24,26)(H,25,27). The van der Waals surface area contributed by atoms with Gasteiger partial charge >= 0.3 is 0 Å². The number of carbonyl (C=O) groups is 2. The third-order valence-corrected chi connectivity index (χ3v) is 4.57. The number of anilines is 1. The van der Waals surface area contributed by atoms with E-state index >= 15 is 0 Å². The Morgan fingerprint density at radius 2 is 1.41 bits per heavy atom. The van der Waals surface area contributed by atoms with E-state index in [1.807, 2.05) is 49.4 Å². The second-order valence-corrected chi connectivity index (χ2v) is 6.53. The minimum atomic E-state index is -0.221. The van der Waals surface area contributed by atoms with Gasteiger partial charge in [-0.25, -0.2) is 0 Å². The van der Waals surface area contributed by atoms with Gasteiger partial charge in [-0.3, -0.25) is 9.59 Å². The summed E-state index contributed by atoms with van der Waals surface area (Å²) in [6.07, 6.45) is 0. The molecule has 0 saturated heterocycles. The van der Waals surface area contributed by atoms with E-state index in [-0.39, 0.29) is 11.8 Å². The molecular weight excluding hydrogens is 360 g/mol. The lowest BCUT2D eigenvalue weighted by Gasteiger charge is -2.09. The quantitative estimate of drug-likeness (QED) is 0.668. The summed E-state index contributed by atoms with van der Waals surface area (Å²) in [4.78, 5) is 24.7. The fourth-order valence-electron chi connectivity index (χ4n) is 2.60. The molecule has 0 heterocycles. The normalized spacial score (nSPS) is 10.3. The fourth-order valence-corrected chi connectivity index (χ4v) is 2.80. The van der Waals surface area contributed by atoms with Gasteiger partial charge in [0, 0.05) is 28.4 Å². The highest BCUT2D eigenvalue weighted by Gasteiger charge is 2.10. The maximum Gasteiger partial charge on any atom is 0.255 e. The Kier molecular flexibility index (Phi) is 5.89. The second-order valence-electron chi connectivity index (χ2n) is 6.12. The molecule has 0 aliphatic carbocycles. The maximum absolute atomic E-state index is 12.4. The van der Waals surface area contributed by atoms with Gasteiger partial charge in [-0.2, -0.15) is 0 Å². The molecule has 27 heavy (non-hydrogen) atoms. The van der Waals surface area contributed by atoms with Crippen molar-refractivity contribution in [3.63, 3.8) is 0 Å². The van der Waals surface area contributed by atoms with Crippen LogP contribution in [0, 0.1) is 6.92 Å². The number of hydrogen-bond donors (Lipinski definition) is 2. The van der Waals surface area contributed by atoms with Gasteiger partial charge in [0.25, 0.3) is 11.8 Å². The number of amides is 2. The topological polar surface area (TPSA) is 58.2 Å². The molecule has 2 amide bonds. The van der Waals surface area contributed by atoms with Crippen LogP contribution in [0.1, 0.15) is 31.8 Å². The summed E-state index contributed by atoms with van der Waals surface area (Å²) in [6.45, 7) is 2.27. The summed E-state index contributed by atoms with van der Waals surface area (Å²) in [5, 5.41) is 6.31. The van der Waals surface area contributed by atoms with E-state index in [1.54, 1.807) is 30.3 Å². The van der Waals surface area contributed by atoms with E-state index in [9.17, 15) is 9.59 Å². The predicted octanol–water partition coefficient (Wildman–Crippen LogP) is 4.83.